The molecular formula is C19H17BrClN3O. The number of halogens is 2. The molecule has 3 aromatic rings. The van der Waals surface area contributed by atoms with Gasteiger partial charge in [-0.05, 0) is 42.3 Å². The van der Waals surface area contributed by atoms with Gasteiger partial charge >= 0.3 is 0 Å². The van der Waals surface area contributed by atoms with Crippen molar-refractivity contribution in [1.29, 1.82) is 0 Å². The van der Waals surface area contributed by atoms with E-state index in [0.29, 0.717) is 21.7 Å². The van der Waals surface area contributed by atoms with Crippen LogP contribution in [0.25, 0.3) is 10.9 Å². The zero-order chi connectivity index (χ0) is 18.0. The lowest BCUT2D eigenvalue weighted by Gasteiger charge is -2.13. The average Bonchev–Trinajstić information content (AvgIpc) is 2.62. The molecule has 0 saturated carbocycles. The molecule has 0 saturated heterocycles. The molecule has 0 amide bonds. The van der Waals surface area contributed by atoms with E-state index in [1.54, 1.807) is 24.4 Å². The van der Waals surface area contributed by atoms with E-state index >= 15 is 0 Å². The molecule has 128 valence electrons. The van der Waals surface area contributed by atoms with Crippen LogP contribution in [0, 0.1) is 0 Å². The first-order valence-corrected chi connectivity index (χ1v) is 9.19. The highest BCUT2D eigenvalue weighted by atomic mass is 79.9. The van der Waals surface area contributed by atoms with Crippen molar-refractivity contribution in [1.82, 2.24) is 9.66 Å². The lowest BCUT2D eigenvalue weighted by molar-refractivity contribution is 0.613. The molecule has 0 aliphatic carbocycles. The maximum Gasteiger partial charge on any atom is 0.282 e. The van der Waals surface area contributed by atoms with E-state index < -0.39 is 0 Å². The summed E-state index contributed by atoms with van der Waals surface area (Å²) in [6.07, 6.45) is 2.51. The van der Waals surface area contributed by atoms with Gasteiger partial charge in [0.1, 0.15) is 5.82 Å². The molecule has 3 rings (SSSR count). The minimum absolute atomic E-state index is 0.114. The summed E-state index contributed by atoms with van der Waals surface area (Å²) in [7, 11) is 0. The third-order valence-corrected chi connectivity index (χ3v) is 4.82. The summed E-state index contributed by atoms with van der Waals surface area (Å²) in [5.41, 5.74) is 1.37. The second kappa shape index (κ2) is 7.50. The number of benzene rings is 2. The second-order valence-electron chi connectivity index (χ2n) is 5.85. The van der Waals surface area contributed by atoms with E-state index in [0.717, 1.165) is 16.5 Å². The van der Waals surface area contributed by atoms with Crippen LogP contribution in [0.5, 0.6) is 0 Å². The zero-order valence-electron chi connectivity index (χ0n) is 13.9. The Morgan fingerprint density at radius 2 is 2.00 bits per heavy atom. The lowest BCUT2D eigenvalue weighted by Crippen LogP contribution is -2.23. The normalized spacial score (nSPS) is 12.8. The lowest BCUT2D eigenvalue weighted by atomic mass is 10.1. The van der Waals surface area contributed by atoms with Crippen molar-refractivity contribution in [2.45, 2.75) is 26.2 Å². The van der Waals surface area contributed by atoms with Crippen LogP contribution < -0.4 is 5.56 Å². The predicted molar refractivity (Wildman–Crippen MR) is 107 cm³/mol. The largest absolute Gasteiger partial charge is 0.282 e. The number of hydrogen-bond donors (Lipinski definition) is 0. The van der Waals surface area contributed by atoms with Crippen LogP contribution >= 0.6 is 27.5 Å². The highest BCUT2D eigenvalue weighted by molar-refractivity contribution is 9.10. The summed E-state index contributed by atoms with van der Waals surface area (Å²) >= 11 is 9.31. The zero-order valence-corrected chi connectivity index (χ0v) is 16.3. The summed E-state index contributed by atoms with van der Waals surface area (Å²) in [6, 6.07) is 12.8. The molecule has 0 fully saturated rings. The maximum atomic E-state index is 13.0. The Hall–Kier alpha value is -1.98. The van der Waals surface area contributed by atoms with Crippen molar-refractivity contribution >= 4 is 44.6 Å². The molecule has 0 radical (unpaired) electrons. The van der Waals surface area contributed by atoms with Gasteiger partial charge in [-0.15, -0.1) is 0 Å². The third kappa shape index (κ3) is 3.83. The molecule has 0 aliphatic heterocycles. The molecule has 0 unspecified atom stereocenters. The molecule has 0 bridgehead atoms. The van der Waals surface area contributed by atoms with Gasteiger partial charge in [-0.2, -0.15) is 9.78 Å². The van der Waals surface area contributed by atoms with Crippen molar-refractivity contribution in [3.63, 3.8) is 0 Å². The van der Waals surface area contributed by atoms with E-state index in [9.17, 15) is 4.79 Å². The smallest absolute Gasteiger partial charge is 0.267 e. The highest BCUT2D eigenvalue weighted by Gasteiger charge is 2.15. The summed E-state index contributed by atoms with van der Waals surface area (Å²) in [5, 5.41) is 5.61. The Bertz CT molecular complexity index is 996. The van der Waals surface area contributed by atoms with Crippen LogP contribution in [0.4, 0.5) is 0 Å². The van der Waals surface area contributed by atoms with Crippen LogP contribution in [0.2, 0.25) is 5.02 Å². The molecule has 25 heavy (non-hydrogen) atoms. The van der Waals surface area contributed by atoms with Crippen LogP contribution in [0.15, 0.2) is 56.8 Å². The minimum Gasteiger partial charge on any atom is -0.267 e. The molecule has 0 N–H and O–H groups in total. The van der Waals surface area contributed by atoms with Gasteiger partial charge in [0, 0.05) is 15.4 Å². The fraction of sp³-hybridized carbons (Fsp3) is 0.211. The van der Waals surface area contributed by atoms with E-state index in [4.69, 9.17) is 11.6 Å². The second-order valence-corrected chi connectivity index (χ2v) is 7.21. The fourth-order valence-corrected chi connectivity index (χ4v) is 2.94. The van der Waals surface area contributed by atoms with E-state index in [2.05, 4.69) is 32.9 Å². The van der Waals surface area contributed by atoms with Crippen molar-refractivity contribution in [2.24, 2.45) is 5.10 Å². The van der Waals surface area contributed by atoms with Crippen molar-refractivity contribution < 1.29 is 0 Å². The van der Waals surface area contributed by atoms with Gasteiger partial charge in [0.15, 0.2) is 0 Å². The summed E-state index contributed by atoms with van der Waals surface area (Å²) in [4.78, 5) is 17.6. The first-order chi connectivity index (χ1) is 12.0. The van der Waals surface area contributed by atoms with Crippen LogP contribution in [0.3, 0.4) is 0 Å². The Kier molecular flexibility index (Phi) is 5.35. The van der Waals surface area contributed by atoms with Gasteiger partial charge < -0.3 is 0 Å². The molecule has 1 heterocycles. The van der Waals surface area contributed by atoms with E-state index in [1.165, 1.54) is 4.68 Å². The van der Waals surface area contributed by atoms with Gasteiger partial charge in [0.25, 0.3) is 5.56 Å². The Balaban J connectivity index is 2.18. The number of nitrogens with zero attached hydrogens (tertiary/aromatic N) is 3. The van der Waals surface area contributed by atoms with Crippen molar-refractivity contribution in [2.75, 3.05) is 0 Å². The van der Waals surface area contributed by atoms with Crippen molar-refractivity contribution in [3.05, 3.63) is 73.7 Å². The number of fused-ring (bicyclic) bond motifs is 1. The fourth-order valence-electron chi connectivity index (χ4n) is 2.45. The minimum atomic E-state index is -0.174. The predicted octanol–water partition coefficient (Wildman–Crippen LogP) is 5.21. The highest BCUT2D eigenvalue weighted by Crippen LogP contribution is 2.20. The Morgan fingerprint density at radius 3 is 2.68 bits per heavy atom. The van der Waals surface area contributed by atoms with Gasteiger partial charge in [-0.3, -0.25) is 4.79 Å². The summed E-state index contributed by atoms with van der Waals surface area (Å²) in [5.74, 6) is 0.774. The molecule has 0 aliphatic rings. The van der Waals surface area contributed by atoms with Crippen LogP contribution in [-0.4, -0.2) is 15.9 Å². The molecule has 0 spiro atoms. The number of rotatable bonds is 4. The maximum absolute atomic E-state index is 13.0. The Morgan fingerprint density at radius 1 is 1.28 bits per heavy atom. The monoisotopic (exact) mass is 417 g/mol. The van der Waals surface area contributed by atoms with E-state index in [-0.39, 0.29) is 11.5 Å². The van der Waals surface area contributed by atoms with Gasteiger partial charge in [0.05, 0.1) is 17.1 Å². The average molecular weight is 419 g/mol. The van der Waals surface area contributed by atoms with Crippen LogP contribution in [0.1, 0.15) is 37.6 Å². The molecular weight excluding hydrogens is 402 g/mol. The summed E-state index contributed by atoms with van der Waals surface area (Å²) in [6.45, 7) is 4.11. The molecule has 2 aromatic carbocycles. The SMILES string of the molecule is CC[C@@H](C)c1nc2ccc(Br)cc2c(=O)n1N=Cc1ccc(Cl)cc1. The van der Waals surface area contributed by atoms with Gasteiger partial charge in [0.2, 0.25) is 0 Å². The molecule has 1 atom stereocenters. The number of aromatic nitrogens is 2. The van der Waals surface area contributed by atoms with Crippen molar-refractivity contribution in [3.8, 4) is 0 Å². The molecule has 4 nitrogen and oxygen atoms in total. The molecule has 1 aromatic heterocycles. The third-order valence-electron chi connectivity index (χ3n) is 4.08. The van der Waals surface area contributed by atoms with Crippen LogP contribution in [-0.2, 0) is 0 Å². The quantitative estimate of drug-likeness (QED) is 0.546. The van der Waals surface area contributed by atoms with Gasteiger partial charge in [-0.25, -0.2) is 4.98 Å². The van der Waals surface area contributed by atoms with E-state index in [1.807, 2.05) is 31.2 Å². The Labute approximate surface area is 159 Å². The standard InChI is InChI=1S/C19H17BrClN3O/c1-3-12(2)18-23-17-9-6-14(20)10-16(17)19(25)24(18)22-11-13-4-7-15(21)8-5-13/h4-12H,3H2,1-2H3/t12-/m1/s1. The van der Waals surface area contributed by atoms with Gasteiger partial charge in [-0.1, -0.05) is 53.5 Å². The first-order valence-electron chi connectivity index (χ1n) is 8.01. The molecule has 6 heteroatoms. The number of hydrogen-bond acceptors (Lipinski definition) is 3. The topological polar surface area (TPSA) is 47.2 Å². The first kappa shape index (κ1) is 17.8. The summed E-state index contributed by atoms with van der Waals surface area (Å²) < 4.78 is 2.24.